The van der Waals surface area contributed by atoms with Gasteiger partial charge in [-0.1, -0.05) is 29.8 Å². The van der Waals surface area contributed by atoms with Crippen LogP contribution in [0.2, 0.25) is 0 Å². The van der Waals surface area contributed by atoms with Crippen LogP contribution in [-0.2, 0) is 6.54 Å². The van der Waals surface area contributed by atoms with Gasteiger partial charge in [0.05, 0.1) is 23.4 Å². The van der Waals surface area contributed by atoms with Crippen molar-refractivity contribution in [3.8, 4) is 0 Å². The maximum Gasteiger partial charge on any atom is 0.390 e. The van der Waals surface area contributed by atoms with E-state index in [-0.39, 0.29) is 5.82 Å². The highest BCUT2D eigenvalue weighted by Gasteiger charge is 2.15. The minimum atomic E-state index is -0.474. The van der Waals surface area contributed by atoms with E-state index in [1.165, 1.54) is 11.6 Å². The van der Waals surface area contributed by atoms with E-state index < -0.39 is 4.92 Å². The van der Waals surface area contributed by atoms with Crippen LogP contribution in [0.25, 0.3) is 0 Å². The van der Waals surface area contributed by atoms with Crippen LogP contribution in [0.4, 0.5) is 5.82 Å². The maximum atomic E-state index is 10.6. The van der Waals surface area contributed by atoms with Crippen molar-refractivity contribution in [2.45, 2.75) is 20.4 Å². The summed E-state index contributed by atoms with van der Waals surface area (Å²) in [6.45, 7) is 4.39. The number of hydrogen-bond acceptors (Lipinski definition) is 3. The number of aryl methyl sites for hydroxylation is 2. The minimum absolute atomic E-state index is 0.102. The van der Waals surface area contributed by atoms with Gasteiger partial charge in [-0.3, -0.25) is 0 Å². The molecule has 2 rings (SSSR count). The molecule has 0 N–H and O–H groups in total. The highest BCUT2D eigenvalue weighted by atomic mass is 16.6. The molecule has 0 bridgehead atoms. The molecule has 0 aliphatic rings. The highest BCUT2D eigenvalue weighted by Crippen LogP contribution is 2.13. The Morgan fingerprint density at radius 1 is 1.29 bits per heavy atom. The van der Waals surface area contributed by atoms with Crippen LogP contribution in [-0.4, -0.2) is 14.7 Å². The smallest absolute Gasteiger partial charge is 0.358 e. The molecule has 2 aromatic rings. The zero-order chi connectivity index (χ0) is 12.4. The zero-order valence-electron chi connectivity index (χ0n) is 9.75. The van der Waals surface area contributed by atoms with Crippen LogP contribution in [0.15, 0.2) is 30.3 Å². The summed E-state index contributed by atoms with van der Waals surface area (Å²) in [6, 6.07) is 9.52. The Kier molecular flexibility index (Phi) is 2.91. The van der Waals surface area contributed by atoms with Crippen molar-refractivity contribution >= 4 is 5.82 Å². The van der Waals surface area contributed by atoms with E-state index >= 15 is 0 Å². The summed E-state index contributed by atoms with van der Waals surface area (Å²) in [6.07, 6.45) is 0. The third kappa shape index (κ3) is 2.50. The van der Waals surface area contributed by atoms with Crippen LogP contribution in [0.5, 0.6) is 0 Å². The lowest BCUT2D eigenvalue weighted by Gasteiger charge is -2.00. The molecule has 17 heavy (non-hydrogen) atoms. The number of hydrogen-bond donors (Lipinski definition) is 0. The van der Waals surface area contributed by atoms with Gasteiger partial charge in [0.15, 0.2) is 0 Å². The predicted octanol–water partition coefficient (Wildman–Crippen LogP) is 2.46. The van der Waals surface area contributed by atoms with Gasteiger partial charge in [-0.15, -0.1) is 0 Å². The molecule has 5 nitrogen and oxygen atoms in total. The summed E-state index contributed by atoms with van der Waals surface area (Å²) in [5, 5.41) is 14.5. The normalized spacial score (nSPS) is 10.5. The average Bonchev–Trinajstić information content (AvgIpc) is 2.64. The molecule has 0 radical (unpaired) electrons. The van der Waals surface area contributed by atoms with Crippen molar-refractivity contribution in [3.05, 3.63) is 57.3 Å². The first-order valence-corrected chi connectivity index (χ1v) is 5.30. The molecule has 0 unspecified atom stereocenters. The first-order chi connectivity index (χ1) is 8.06. The summed E-state index contributed by atoms with van der Waals surface area (Å²) in [5.74, 6) is -0.102. The van der Waals surface area contributed by atoms with Gasteiger partial charge in [0.2, 0.25) is 0 Å². The van der Waals surface area contributed by atoms with Gasteiger partial charge < -0.3 is 10.1 Å². The highest BCUT2D eigenvalue weighted by molar-refractivity contribution is 5.24. The second kappa shape index (κ2) is 4.37. The Hall–Kier alpha value is -2.17. The summed E-state index contributed by atoms with van der Waals surface area (Å²) >= 11 is 0. The average molecular weight is 231 g/mol. The van der Waals surface area contributed by atoms with Crippen LogP contribution in [0.3, 0.4) is 0 Å². The van der Waals surface area contributed by atoms with E-state index in [0.29, 0.717) is 6.54 Å². The molecule has 88 valence electrons. The van der Waals surface area contributed by atoms with Gasteiger partial charge in [-0.2, -0.15) is 4.68 Å². The van der Waals surface area contributed by atoms with Gasteiger partial charge in [0.1, 0.15) is 0 Å². The third-order valence-corrected chi connectivity index (χ3v) is 2.61. The fraction of sp³-hybridized carbons (Fsp3) is 0.250. The monoisotopic (exact) mass is 231 g/mol. The molecule has 0 saturated carbocycles. The Morgan fingerprint density at radius 2 is 1.94 bits per heavy atom. The summed E-state index contributed by atoms with van der Waals surface area (Å²) < 4.78 is 1.64. The van der Waals surface area contributed by atoms with Crippen molar-refractivity contribution in [1.82, 2.24) is 9.78 Å². The first-order valence-electron chi connectivity index (χ1n) is 5.30. The van der Waals surface area contributed by atoms with E-state index in [9.17, 15) is 10.1 Å². The Morgan fingerprint density at radius 3 is 2.47 bits per heavy atom. The van der Waals surface area contributed by atoms with Gasteiger partial charge in [0.25, 0.3) is 0 Å². The standard InChI is InChI=1S/C12H13N3O2/c1-9-3-5-11(6-4-9)8-14-10(2)7-12(13-14)15(16)17/h3-7H,8H2,1-2H3. The van der Waals surface area contributed by atoms with Crippen LogP contribution in [0.1, 0.15) is 16.8 Å². The fourth-order valence-corrected chi connectivity index (χ4v) is 1.61. The Labute approximate surface area is 98.8 Å². The van der Waals surface area contributed by atoms with E-state index in [0.717, 1.165) is 11.3 Å². The fourth-order valence-electron chi connectivity index (χ4n) is 1.61. The first kappa shape index (κ1) is 11.3. The second-order valence-corrected chi connectivity index (χ2v) is 4.04. The van der Waals surface area contributed by atoms with Crippen molar-refractivity contribution in [1.29, 1.82) is 0 Å². The van der Waals surface area contributed by atoms with Gasteiger partial charge in [0, 0.05) is 0 Å². The number of nitrogens with zero attached hydrogens (tertiary/aromatic N) is 3. The lowest BCUT2D eigenvalue weighted by Crippen LogP contribution is -2.04. The van der Waals surface area contributed by atoms with Crippen LogP contribution < -0.4 is 0 Å². The molecule has 0 saturated heterocycles. The number of rotatable bonds is 3. The Bertz CT molecular complexity index is 543. The van der Waals surface area contributed by atoms with E-state index in [1.54, 1.807) is 4.68 Å². The number of aromatic nitrogens is 2. The molecule has 0 aliphatic carbocycles. The molecule has 0 fully saturated rings. The molecule has 0 aliphatic heterocycles. The van der Waals surface area contributed by atoms with Crippen molar-refractivity contribution in [2.75, 3.05) is 0 Å². The van der Waals surface area contributed by atoms with Crippen molar-refractivity contribution < 1.29 is 4.92 Å². The van der Waals surface area contributed by atoms with Crippen LogP contribution in [0, 0.1) is 24.0 Å². The molecule has 0 atom stereocenters. The summed E-state index contributed by atoms with van der Waals surface area (Å²) in [4.78, 5) is 10.1. The molecule has 1 heterocycles. The quantitative estimate of drug-likeness (QED) is 0.602. The topological polar surface area (TPSA) is 61.0 Å². The maximum absolute atomic E-state index is 10.6. The van der Waals surface area contributed by atoms with E-state index in [1.807, 2.05) is 38.1 Å². The Balaban J connectivity index is 2.24. The molecule has 0 spiro atoms. The number of nitro groups is 1. The largest absolute Gasteiger partial charge is 0.390 e. The predicted molar refractivity (Wildman–Crippen MR) is 63.9 cm³/mol. The molecular weight excluding hydrogens is 218 g/mol. The minimum Gasteiger partial charge on any atom is -0.358 e. The van der Waals surface area contributed by atoms with Gasteiger partial charge in [-0.25, -0.2) is 0 Å². The summed E-state index contributed by atoms with van der Waals surface area (Å²) in [7, 11) is 0. The molecule has 1 aromatic carbocycles. The molecule has 1 aromatic heterocycles. The third-order valence-electron chi connectivity index (χ3n) is 2.61. The zero-order valence-corrected chi connectivity index (χ0v) is 9.75. The van der Waals surface area contributed by atoms with E-state index in [4.69, 9.17) is 0 Å². The summed E-state index contributed by atoms with van der Waals surface area (Å²) in [5.41, 5.74) is 3.06. The van der Waals surface area contributed by atoms with Gasteiger partial charge >= 0.3 is 5.82 Å². The van der Waals surface area contributed by atoms with E-state index in [2.05, 4.69) is 5.10 Å². The molecular formula is C12H13N3O2. The number of benzene rings is 1. The lowest BCUT2D eigenvalue weighted by molar-refractivity contribution is -0.389. The molecule has 0 amide bonds. The lowest BCUT2D eigenvalue weighted by atomic mass is 10.1. The second-order valence-electron chi connectivity index (χ2n) is 4.04. The van der Waals surface area contributed by atoms with Crippen molar-refractivity contribution in [2.24, 2.45) is 0 Å². The molecule has 5 heteroatoms. The SMILES string of the molecule is Cc1ccc(Cn2nc([N+](=O)[O-])cc2C)cc1. The van der Waals surface area contributed by atoms with Crippen molar-refractivity contribution in [3.63, 3.8) is 0 Å². The van der Waals surface area contributed by atoms with Gasteiger partial charge in [-0.05, 0) is 24.3 Å². The van der Waals surface area contributed by atoms with Crippen LogP contribution >= 0.6 is 0 Å².